The van der Waals surface area contributed by atoms with Crippen LogP contribution >= 0.6 is 11.6 Å². The van der Waals surface area contributed by atoms with E-state index in [4.69, 9.17) is 16.7 Å². The van der Waals surface area contributed by atoms with Crippen molar-refractivity contribution < 1.29 is 14.7 Å². The molecule has 0 aliphatic heterocycles. The lowest BCUT2D eigenvalue weighted by Gasteiger charge is -2.05. The second kappa shape index (κ2) is 4.58. The maximum absolute atomic E-state index is 11.0. The van der Waals surface area contributed by atoms with E-state index in [1.54, 1.807) is 13.0 Å². The number of carbonyl (C=O) groups excluding carboxylic acids is 1. The first-order valence-corrected chi connectivity index (χ1v) is 5.33. The van der Waals surface area contributed by atoms with Gasteiger partial charge in [0.25, 0.3) is 0 Å². The Balaban J connectivity index is 2.57. The van der Waals surface area contributed by atoms with Gasteiger partial charge in [0.05, 0.1) is 22.0 Å². The second-order valence-corrected chi connectivity index (χ2v) is 3.97. The van der Waals surface area contributed by atoms with Gasteiger partial charge in [0, 0.05) is 0 Å². The van der Waals surface area contributed by atoms with Gasteiger partial charge in [0.15, 0.2) is 6.29 Å². The summed E-state index contributed by atoms with van der Waals surface area (Å²) in [6.07, 6.45) is 0.590. The van der Waals surface area contributed by atoms with Crippen molar-refractivity contribution in [3.63, 3.8) is 0 Å². The molecular weight excluding hydrogens is 258 g/mol. The molecule has 6 nitrogen and oxygen atoms in total. The molecule has 0 fully saturated rings. The number of hydrogen-bond acceptors (Lipinski definition) is 4. The molecule has 0 saturated carbocycles. The summed E-state index contributed by atoms with van der Waals surface area (Å²) in [5, 5.41) is 16.6. The number of rotatable bonds is 3. The van der Waals surface area contributed by atoms with Crippen molar-refractivity contribution in [1.82, 2.24) is 15.0 Å². The Labute approximate surface area is 107 Å². The summed E-state index contributed by atoms with van der Waals surface area (Å²) < 4.78 is 1.38. The molecule has 1 N–H and O–H groups in total. The van der Waals surface area contributed by atoms with Crippen LogP contribution in [0.2, 0.25) is 5.02 Å². The van der Waals surface area contributed by atoms with Crippen LogP contribution in [0, 0.1) is 6.92 Å². The predicted octanol–water partition coefficient (Wildman–Crippen LogP) is 1.74. The van der Waals surface area contributed by atoms with Gasteiger partial charge in [0.1, 0.15) is 5.69 Å². The first-order chi connectivity index (χ1) is 8.54. The van der Waals surface area contributed by atoms with Crippen molar-refractivity contribution in [2.24, 2.45) is 0 Å². The van der Waals surface area contributed by atoms with Crippen molar-refractivity contribution in [2.45, 2.75) is 6.92 Å². The zero-order valence-electron chi connectivity index (χ0n) is 9.29. The molecule has 18 heavy (non-hydrogen) atoms. The van der Waals surface area contributed by atoms with E-state index in [0.717, 1.165) is 0 Å². The average Bonchev–Trinajstić information content (AvgIpc) is 2.71. The molecule has 1 aromatic heterocycles. The molecule has 7 heteroatoms. The lowest BCUT2D eigenvalue weighted by Crippen LogP contribution is -2.03. The minimum atomic E-state index is -1.13. The summed E-state index contributed by atoms with van der Waals surface area (Å²) in [7, 11) is 0. The molecule has 2 aromatic rings. The molecule has 0 aliphatic carbocycles. The van der Waals surface area contributed by atoms with Gasteiger partial charge >= 0.3 is 5.97 Å². The first kappa shape index (κ1) is 12.3. The summed E-state index contributed by atoms with van der Waals surface area (Å²) in [5.74, 6) is -1.13. The lowest BCUT2D eigenvalue weighted by atomic mass is 10.2. The van der Waals surface area contributed by atoms with E-state index in [2.05, 4.69) is 10.3 Å². The van der Waals surface area contributed by atoms with Crippen LogP contribution in [0.5, 0.6) is 0 Å². The molecule has 2 rings (SSSR count). The highest BCUT2D eigenvalue weighted by Gasteiger charge is 2.13. The van der Waals surface area contributed by atoms with Gasteiger partial charge in [-0.1, -0.05) is 16.8 Å². The van der Waals surface area contributed by atoms with E-state index in [9.17, 15) is 9.59 Å². The molecule has 92 valence electrons. The fourth-order valence-corrected chi connectivity index (χ4v) is 1.70. The SMILES string of the molecule is Cc1c(C=O)nnn1-c1ccc(Cl)c(C(=O)O)c1. The lowest BCUT2D eigenvalue weighted by molar-refractivity contribution is 0.0697. The van der Waals surface area contributed by atoms with Crippen molar-refractivity contribution in [2.75, 3.05) is 0 Å². The quantitative estimate of drug-likeness (QED) is 0.855. The van der Waals surface area contributed by atoms with Crippen LogP contribution < -0.4 is 0 Å². The maximum Gasteiger partial charge on any atom is 0.337 e. The molecule has 0 amide bonds. The molecular formula is C11H8ClN3O3. The summed E-state index contributed by atoms with van der Waals surface area (Å²) in [6, 6.07) is 4.44. The van der Waals surface area contributed by atoms with Crippen molar-refractivity contribution in [1.29, 1.82) is 0 Å². The van der Waals surface area contributed by atoms with E-state index in [0.29, 0.717) is 17.7 Å². The number of halogens is 1. The fraction of sp³-hybridized carbons (Fsp3) is 0.0909. The Hall–Kier alpha value is -2.21. The number of aromatic nitrogens is 3. The van der Waals surface area contributed by atoms with Crippen LogP contribution in [-0.4, -0.2) is 32.4 Å². The van der Waals surface area contributed by atoms with Gasteiger partial charge in [-0.3, -0.25) is 4.79 Å². The van der Waals surface area contributed by atoms with Gasteiger partial charge in [-0.25, -0.2) is 9.48 Å². The smallest absolute Gasteiger partial charge is 0.337 e. The molecule has 1 heterocycles. The fourth-order valence-electron chi connectivity index (χ4n) is 1.50. The largest absolute Gasteiger partial charge is 0.478 e. The van der Waals surface area contributed by atoms with Crippen LogP contribution in [-0.2, 0) is 0 Å². The van der Waals surface area contributed by atoms with Crippen LogP contribution in [0.15, 0.2) is 18.2 Å². The van der Waals surface area contributed by atoms with E-state index in [1.807, 2.05) is 0 Å². The molecule has 0 radical (unpaired) electrons. The number of carboxylic acids is 1. The highest BCUT2D eigenvalue weighted by Crippen LogP contribution is 2.20. The topological polar surface area (TPSA) is 85.1 Å². The molecule has 0 atom stereocenters. The average molecular weight is 266 g/mol. The maximum atomic E-state index is 11.0. The monoisotopic (exact) mass is 265 g/mol. The molecule has 0 spiro atoms. The summed E-state index contributed by atoms with van der Waals surface area (Å²) in [6.45, 7) is 1.67. The molecule has 0 unspecified atom stereocenters. The minimum Gasteiger partial charge on any atom is -0.478 e. The van der Waals surface area contributed by atoms with E-state index in [-0.39, 0.29) is 16.3 Å². The van der Waals surface area contributed by atoms with Crippen LogP contribution in [0.25, 0.3) is 5.69 Å². The van der Waals surface area contributed by atoms with Gasteiger partial charge < -0.3 is 5.11 Å². The highest BCUT2D eigenvalue weighted by molar-refractivity contribution is 6.33. The summed E-state index contributed by atoms with van der Waals surface area (Å²) in [4.78, 5) is 21.6. The number of aromatic carboxylic acids is 1. The zero-order chi connectivity index (χ0) is 13.3. The standard InChI is InChI=1S/C11H8ClN3O3/c1-6-10(5-16)13-14-15(6)7-2-3-9(12)8(4-7)11(17)18/h2-5H,1H3,(H,17,18). The number of nitrogens with zero attached hydrogens (tertiary/aromatic N) is 3. The van der Waals surface area contributed by atoms with Crippen molar-refractivity contribution in [3.8, 4) is 5.69 Å². The predicted molar refractivity (Wildman–Crippen MR) is 63.5 cm³/mol. The minimum absolute atomic E-state index is 0.0308. The molecule has 1 aromatic carbocycles. The van der Waals surface area contributed by atoms with Crippen LogP contribution in [0.3, 0.4) is 0 Å². The third-order valence-corrected chi connectivity index (χ3v) is 2.80. The van der Waals surface area contributed by atoms with E-state index < -0.39 is 5.97 Å². The van der Waals surface area contributed by atoms with E-state index in [1.165, 1.54) is 16.8 Å². The molecule has 0 saturated heterocycles. The third-order valence-electron chi connectivity index (χ3n) is 2.47. The summed E-state index contributed by atoms with van der Waals surface area (Å²) in [5.41, 5.74) is 1.19. The van der Waals surface area contributed by atoms with Gasteiger partial charge in [-0.05, 0) is 25.1 Å². The first-order valence-electron chi connectivity index (χ1n) is 4.95. The number of hydrogen-bond donors (Lipinski definition) is 1. The Morgan fingerprint density at radius 3 is 2.78 bits per heavy atom. The number of benzene rings is 1. The number of aldehydes is 1. The van der Waals surface area contributed by atoms with Crippen molar-refractivity contribution in [3.05, 3.63) is 40.2 Å². The number of carboxylic acid groups (broad SMARTS) is 1. The van der Waals surface area contributed by atoms with Gasteiger partial charge in [-0.15, -0.1) is 5.10 Å². The molecule has 0 bridgehead atoms. The summed E-state index contributed by atoms with van der Waals surface area (Å²) >= 11 is 5.77. The highest BCUT2D eigenvalue weighted by atomic mass is 35.5. The van der Waals surface area contributed by atoms with Gasteiger partial charge in [-0.2, -0.15) is 0 Å². The Kier molecular flexibility index (Phi) is 3.12. The number of carbonyl (C=O) groups is 2. The Morgan fingerprint density at radius 1 is 1.50 bits per heavy atom. The Bertz CT molecular complexity index is 636. The molecule has 0 aliphatic rings. The van der Waals surface area contributed by atoms with Gasteiger partial charge in [0.2, 0.25) is 0 Å². The van der Waals surface area contributed by atoms with Crippen LogP contribution in [0.1, 0.15) is 26.5 Å². The van der Waals surface area contributed by atoms with Crippen LogP contribution in [0.4, 0.5) is 0 Å². The second-order valence-electron chi connectivity index (χ2n) is 3.56. The van der Waals surface area contributed by atoms with E-state index >= 15 is 0 Å². The third kappa shape index (κ3) is 1.98. The normalized spacial score (nSPS) is 10.3. The van der Waals surface area contributed by atoms with Crippen molar-refractivity contribution >= 4 is 23.9 Å². The zero-order valence-corrected chi connectivity index (χ0v) is 10.0. The Morgan fingerprint density at radius 2 is 2.22 bits per heavy atom.